The van der Waals surface area contributed by atoms with Crippen molar-refractivity contribution >= 4 is 5.78 Å². The van der Waals surface area contributed by atoms with E-state index >= 15 is 0 Å². The van der Waals surface area contributed by atoms with Gasteiger partial charge in [0.15, 0.2) is 5.78 Å². The molecule has 1 aromatic carbocycles. The summed E-state index contributed by atoms with van der Waals surface area (Å²) in [5.41, 5.74) is 5.55. The molecule has 5 rings (SSSR count). The van der Waals surface area contributed by atoms with Crippen molar-refractivity contribution in [3.05, 3.63) is 72.3 Å². The van der Waals surface area contributed by atoms with Crippen LogP contribution in [0.15, 0.2) is 65.6 Å². The normalized spacial score (nSPS) is 12.9. The number of aromatic nitrogens is 3. The summed E-state index contributed by atoms with van der Waals surface area (Å²) < 4.78 is 11.9. The summed E-state index contributed by atoms with van der Waals surface area (Å²) in [4.78, 5) is 26.9. The van der Waals surface area contributed by atoms with Gasteiger partial charge < -0.3 is 14.1 Å². The molecule has 7 heteroatoms. The van der Waals surface area contributed by atoms with Crippen LogP contribution in [0.2, 0.25) is 0 Å². The maximum atomic E-state index is 12.1. The number of Topliss-reactive ketones (excluding diaryl/α,β-unsaturated/α-hetero) is 1. The topological polar surface area (TPSA) is 81.4 Å². The van der Waals surface area contributed by atoms with E-state index in [1.54, 1.807) is 24.8 Å². The van der Waals surface area contributed by atoms with E-state index in [1.165, 1.54) is 0 Å². The molecule has 7 nitrogen and oxygen atoms in total. The van der Waals surface area contributed by atoms with Gasteiger partial charge in [0, 0.05) is 54.4 Å². The van der Waals surface area contributed by atoms with E-state index in [4.69, 9.17) is 9.15 Å². The predicted molar refractivity (Wildman–Crippen MR) is 125 cm³/mol. The van der Waals surface area contributed by atoms with Gasteiger partial charge in [-0.05, 0) is 49.8 Å². The smallest absolute Gasteiger partial charge is 0.316 e. The number of fused-ring (bicyclic) bond motifs is 1. The first kappa shape index (κ1) is 21.0. The van der Waals surface area contributed by atoms with Gasteiger partial charge in [-0.1, -0.05) is 18.2 Å². The minimum Gasteiger partial charge on any atom is -0.462 e. The SMILES string of the molecule is CN(C)CCOc1ncc(-c2cc(-c3ccc4c(c3)CCC4=O)c(-c3ccncc3)o2)cn1. The maximum Gasteiger partial charge on any atom is 0.316 e. The van der Waals surface area contributed by atoms with Crippen LogP contribution in [0, 0.1) is 0 Å². The lowest BCUT2D eigenvalue weighted by molar-refractivity contribution is 0.0994. The number of likely N-dealkylation sites (N-methyl/N-ethyl adjacent to an activating group) is 1. The van der Waals surface area contributed by atoms with Crippen molar-refractivity contribution in [3.63, 3.8) is 0 Å². The van der Waals surface area contributed by atoms with Gasteiger partial charge in [0.25, 0.3) is 0 Å². The van der Waals surface area contributed by atoms with E-state index < -0.39 is 0 Å². The van der Waals surface area contributed by atoms with E-state index in [0.717, 1.165) is 52.1 Å². The van der Waals surface area contributed by atoms with Gasteiger partial charge in [-0.2, -0.15) is 0 Å². The van der Waals surface area contributed by atoms with Crippen LogP contribution in [-0.2, 0) is 6.42 Å². The minimum atomic E-state index is 0.212. The highest BCUT2D eigenvalue weighted by molar-refractivity contribution is 6.01. The highest BCUT2D eigenvalue weighted by Crippen LogP contribution is 2.39. The molecule has 0 N–H and O–H groups in total. The van der Waals surface area contributed by atoms with Crippen LogP contribution < -0.4 is 4.74 Å². The Morgan fingerprint density at radius 1 is 0.939 bits per heavy atom. The second-order valence-electron chi connectivity index (χ2n) is 8.29. The molecule has 0 bridgehead atoms. The van der Waals surface area contributed by atoms with Gasteiger partial charge in [0.2, 0.25) is 0 Å². The molecular formula is C26H24N4O3. The number of furan rings is 1. The van der Waals surface area contributed by atoms with E-state index in [9.17, 15) is 4.79 Å². The second kappa shape index (κ2) is 8.96. The molecule has 4 aromatic rings. The Labute approximate surface area is 192 Å². The molecule has 0 unspecified atom stereocenters. The van der Waals surface area contributed by atoms with Crippen LogP contribution in [0.25, 0.3) is 33.8 Å². The lowest BCUT2D eigenvalue weighted by Gasteiger charge is -2.09. The molecule has 0 radical (unpaired) electrons. The van der Waals surface area contributed by atoms with Gasteiger partial charge in [0.1, 0.15) is 18.1 Å². The minimum absolute atomic E-state index is 0.212. The summed E-state index contributed by atoms with van der Waals surface area (Å²) in [6, 6.07) is 12.2. The van der Waals surface area contributed by atoms with E-state index in [-0.39, 0.29) is 5.78 Å². The number of carbonyl (C=O) groups is 1. The van der Waals surface area contributed by atoms with Crippen molar-refractivity contribution in [1.82, 2.24) is 19.9 Å². The van der Waals surface area contributed by atoms with Crippen molar-refractivity contribution < 1.29 is 13.9 Å². The molecular weight excluding hydrogens is 416 g/mol. The Bertz CT molecular complexity index is 1280. The van der Waals surface area contributed by atoms with Crippen LogP contribution in [0.3, 0.4) is 0 Å². The molecule has 1 aliphatic rings. The number of hydrogen-bond donors (Lipinski definition) is 0. The number of pyridine rings is 1. The molecule has 0 saturated heterocycles. The second-order valence-corrected chi connectivity index (χ2v) is 8.29. The Hall–Kier alpha value is -3.84. The highest BCUT2D eigenvalue weighted by atomic mass is 16.5. The number of hydrogen-bond acceptors (Lipinski definition) is 7. The number of rotatable bonds is 7. The lowest BCUT2D eigenvalue weighted by Crippen LogP contribution is -2.19. The fourth-order valence-corrected chi connectivity index (χ4v) is 3.93. The zero-order valence-corrected chi connectivity index (χ0v) is 18.6. The molecule has 0 fully saturated rings. The summed E-state index contributed by atoms with van der Waals surface area (Å²) in [6.07, 6.45) is 8.25. The van der Waals surface area contributed by atoms with Crippen LogP contribution >= 0.6 is 0 Å². The van der Waals surface area contributed by atoms with Crippen molar-refractivity contribution in [3.8, 4) is 39.8 Å². The Morgan fingerprint density at radius 3 is 2.48 bits per heavy atom. The van der Waals surface area contributed by atoms with E-state index in [0.29, 0.717) is 24.8 Å². The lowest BCUT2D eigenvalue weighted by atomic mass is 9.98. The van der Waals surface area contributed by atoms with E-state index in [1.807, 2.05) is 49.3 Å². The number of carbonyl (C=O) groups excluding carboxylic acids is 1. The zero-order chi connectivity index (χ0) is 22.8. The van der Waals surface area contributed by atoms with Gasteiger partial charge >= 0.3 is 6.01 Å². The summed E-state index contributed by atoms with van der Waals surface area (Å²) in [7, 11) is 3.97. The van der Waals surface area contributed by atoms with Crippen molar-refractivity contribution in [1.29, 1.82) is 0 Å². The van der Waals surface area contributed by atoms with Crippen LogP contribution in [0.4, 0.5) is 0 Å². The van der Waals surface area contributed by atoms with Crippen molar-refractivity contribution in [2.45, 2.75) is 12.8 Å². The zero-order valence-electron chi connectivity index (χ0n) is 18.6. The molecule has 3 heterocycles. The number of nitrogens with zero attached hydrogens (tertiary/aromatic N) is 4. The van der Waals surface area contributed by atoms with Crippen LogP contribution in [-0.4, -0.2) is 52.9 Å². The number of ketones is 1. The third-order valence-corrected chi connectivity index (χ3v) is 5.69. The first-order chi connectivity index (χ1) is 16.1. The Balaban J connectivity index is 1.50. The highest BCUT2D eigenvalue weighted by Gasteiger charge is 2.22. The summed E-state index contributed by atoms with van der Waals surface area (Å²) in [5, 5.41) is 0. The van der Waals surface area contributed by atoms with Gasteiger partial charge in [-0.15, -0.1) is 0 Å². The molecule has 0 atom stereocenters. The van der Waals surface area contributed by atoms with Crippen LogP contribution in [0.1, 0.15) is 22.3 Å². The monoisotopic (exact) mass is 440 g/mol. The fourth-order valence-electron chi connectivity index (χ4n) is 3.93. The molecule has 0 spiro atoms. The maximum absolute atomic E-state index is 12.1. The standard InChI is InChI=1S/C26H24N4O3/c1-30(2)11-12-32-26-28-15-20(16-29-26)24-14-22(25(33-24)17-7-9-27-10-8-17)19-3-5-21-18(13-19)4-6-23(21)31/h3,5,7-10,13-16H,4,6,11-12H2,1-2H3. The quantitative estimate of drug-likeness (QED) is 0.417. The molecule has 0 amide bonds. The van der Waals surface area contributed by atoms with Gasteiger partial charge in [0.05, 0.1) is 5.56 Å². The van der Waals surface area contributed by atoms with Gasteiger partial charge in [-0.3, -0.25) is 9.78 Å². The van der Waals surface area contributed by atoms with Gasteiger partial charge in [-0.25, -0.2) is 9.97 Å². The number of aryl methyl sites for hydroxylation is 1. The average Bonchev–Trinajstić information content (AvgIpc) is 3.44. The Morgan fingerprint density at radius 2 is 1.73 bits per heavy atom. The fraction of sp³-hybridized carbons (Fsp3) is 0.231. The first-order valence-corrected chi connectivity index (χ1v) is 10.9. The predicted octanol–water partition coefficient (Wildman–Crippen LogP) is 4.53. The molecule has 3 aromatic heterocycles. The van der Waals surface area contributed by atoms with Crippen molar-refractivity contribution in [2.24, 2.45) is 0 Å². The third kappa shape index (κ3) is 4.40. The van der Waals surface area contributed by atoms with Crippen LogP contribution in [0.5, 0.6) is 6.01 Å². The van der Waals surface area contributed by atoms with Crippen molar-refractivity contribution in [2.75, 3.05) is 27.2 Å². The molecule has 166 valence electrons. The largest absolute Gasteiger partial charge is 0.462 e. The molecule has 0 aliphatic heterocycles. The van der Waals surface area contributed by atoms with E-state index in [2.05, 4.69) is 21.0 Å². The summed E-state index contributed by atoms with van der Waals surface area (Å²) >= 11 is 0. The Kier molecular flexibility index (Phi) is 5.71. The first-order valence-electron chi connectivity index (χ1n) is 10.9. The summed E-state index contributed by atoms with van der Waals surface area (Å²) in [6.45, 7) is 1.30. The average molecular weight is 441 g/mol. The molecule has 1 aliphatic carbocycles. The number of benzene rings is 1. The summed E-state index contributed by atoms with van der Waals surface area (Å²) in [5.74, 6) is 1.61. The number of ether oxygens (including phenoxy) is 1. The molecule has 33 heavy (non-hydrogen) atoms. The third-order valence-electron chi connectivity index (χ3n) is 5.69. The molecule has 0 saturated carbocycles.